The van der Waals surface area contributed by atoms with Crippen LogP contribution in [0.3, 0.4) is 0 Å². The van der Waals surface area contributed by atoms with Crippen LogP contribution in [-0.2, 0) is 12.8 Å². The lowest BCUT2D eigenvalue weighted by molar-refractivity contribution is -0.141. The van der Waals surface area contributed by atoms with Crippen molar-refractivity contribution in [1.82, 2.24) is 24.6 Å². The van der Waals surface area contributed by atoms with Gasteiger partial charge in [-0.1, -0.05) is 11.6 Å². The molecule has 0 amide bonds. The van der Waals surface area contributed by atoms with Crippen LogP contribution in [0.2, 0.25) is 5.02 Å². The van der Waals surface area contributed by atoms with Gasteiger partial charge in [0.2, 0.25) is 0 Å². The molecule has 11 heteroatoms. The Morgan fingerprint density at radius 3 is 2.68 bits per heavy atom. The molecule has 0 fully saturated rings. The average molecular weight is 464 g/mol. The van der Waals surface area contributed by atoms with Gasteiger partial charge in [0.15, 0.2) is 11.5 Å². The van der Waals surface area contributed by atoms with Crippen molar-refractivity contribution in [2.75, 3.05) is 0 Å². The zero-order valence-electron chi connectivity index (χ0n) is 16.2. The van der Waals surface area contributed by atoms with Crippen LogP contribution >= 0.6 is 22.9 Å². The Labute approximate surface area is 182 Å². The van der Waals surface area contributed by atoms with Gasteiger partial charge in [-0.25, -0.2) is 19.5 Å². The molecule has 0 bridgehead atoms. The van der Waals surface area contributed by atoms with Gasteiger partial charge in [0.05, 0.1) is 5.52 Å². The van der Waals surface area contributed by atoms with E-state index in [2.05, 4.69) is 20.1 Å². The van der Waals surface area contributed by atoms with Gasteiger partial charge in [-0.3, -0.25) is 0 Å². The summed E-state index contributed by atoms with van der Waals surface area (Å²) in [4.78, 5) is 13.0. The van der Waals surface area contributed by atoms with E-state index in [1.807, 2.05) is 13.0 Å². The molecule has 0 aliphatic carbocycles. The summed E-state index contributed by atoms with van der Waals surface area (Å²) >= 11 is 7.14. The minimum absolute atomic E-state index is 0.116. The first-order valence-corrected chi connectivity index (χ1v) is 10.3. The average Bonchev–Trinajstić information content (AvgIpc) is 3.29. The number of fused-ring (bicyclic) bond motifs is 5. The monoisotopic (exact) mass is 463 g/mol. The molecule has 158 valence electrons. The summed E-state index contributed by atoms with van der Waals surface area (Å²) in [6.45, 7) is 3.61. The Kier molecular flexibility index (Phi) is 4.52. The highest BCUT2D eigenvalue weighted by Gasteiger charge is 2.33. The smallest absolute Gasteiger partial charge is 0.433 e. The van der Waals surface area contributed by atoms with Gasteiger partial charge in [-0.2, -0.15) is 13.2 Å². The molecule has 1 aromatic carbocycles. The molecule has 6 nitrogen and oxygen atoms in total. The highest BCUT2D eigenvalue weighted by molar-refractivity contribution is 7.26. The minimum atomic E-state index is -4.52. The number of hydrogen-bond acceptors (Lipinski definition) is 6. The SMILES string of the molecule is Cc1cc(OCc2nc3c4sc5nc(C(F)(F)F)cc(C)c5c4ncn3n2)ccc1Cl. The Bertz CT molecular complexity index is 1480. The number of rotatable bonds is 3. The zero-order chi connectivity index (χ0) is 21.9. The first-order chi connectivity index (χ1) is 14.7. The van der Waals surface area contributed by atoms with E-state index in [9.17, 15) is 13.2 Å². The number of halogens is 4. The molecule has 4 aromatic heterocycles. The molecule has 0 saturated carbocycles. The van der Waals surface area contributed by atoms with Crippen LogP contribution in [0.15, 0.2) is 30.6 Å². The molecule has 0 N–H and O–H groups in total. The van der Waals surface area contributed by atoms with Crippen molar-refractivity contribution in [3.05, 3.63) is 58.3 Å². The number of nitrogens with zero attached hydrogens (tertiary/aromatic N) is 5. The Morgan fingerprint density at radius 2 is 1.94 bits per heavy atom. The second-order valence-electron chi connectivity index (χ2n) is 7.02. The van der Waals surface area contributed by atoms with E-state index in [0.717, 1.165) is 23.0 Å². The number of pyridine rings is 1. The molecular weight excluding hydrogens is 451 g/mol. The van der Waals surface area contributed by atoms with Crippen LogP contribution in [0.4, 0.5) is 13.2 Å². The van der Waals surface area contributed by atoms with E-state index in [-0.39, 0.29) is 11.4 Å². The van der Waals surface area contributed by atoms with E-state index >= 15 is 0 Å². The molecule has 4 heterocycles. The fourth-order valence-corrected chi connectivity index (χ4v) is 4.61. The molecular formula is C20H13ClF3N5OS. The van der Waals surface area contributed by atoms with Crippen LogP contribution in [0.1, 0.15) is 22.6 Å². The molecule has 0 saturated heterocycles. The van der Waals surface area contributed by atoms with Crippen LogP contribution in [0.5, 0.6) is 5.75 Å². The van der Waals surface area contributed by atoms with Crippen molar-refractivity contribution in [2.45, 2.75) is 26.6 Å². The first-order valence-electron chi connectivity index (χ1n) is 9.11. The number of aromatic nitrogens is 5. The molecule has 5 rings (SSSR count). The minimum Gasteiger partial charge on any atom is -0.486 e. The van der Waals surface area contributed by atoms with Crippen LogP contribution in [-0.4, -0.2) is 24.6 Å². The largest absolute Gasteiger partial charge is 0.486 e. The van der Waals surface area contributed by atoms with Crippen molar-refractivity contribution >= 4 is 49.0 Å². The van der Waals surface area contributed by atoms with E-state index in [1.165, 1.54) is 10.8 Å². The molecule has 31 heavy (non-hydrogen) atoms. The highest BCUT2D eigenvalue weighted by Crippen LogP contribution is 2.38. The standard InChI is InChI=1S/C20H13ClF3N5OS/c1-9-5-11(3-4-12(9)21)30-7-14-27-18-17-16(25-8-29(18)28-14)15-10(2)6-13(20(22,23)24)26-19(15)31-17/h3-6,8H,7H2,1-2H3. The third-order valence-corrected chi connectivity index (χ3v) is 6.29. The summed E-state index contributed by atoms with van der Waals surface area (Å²) in [7, 11) is 0. The maximum atomic E-state index is 13.2. The predicted octanol–water partition coefficient (Wildman–Crippen LogP) is 5.76. The molecule has 0 spiro atoms. The molecule has 0 aliphatic heterocycles. The van der Waals surface area contributed by atoms with Gasteiger partial charge in [-0.05, 0) is 49.2 Å². The Balaban J connectivity index is 1.56. The number of hydrogen-bond donors (Lipinski definition) is 0. The van der Waals surface area contributed by atoms with Gasteiger partial charge in [0.25, 0.3) is 0 Å². The lowest BCUT2D eigenvalue weighted by atomic mass is 10.1. The molecule has 0 aliphatic rings. The Hall–Kier alpha value is -2.98. The van der Waals surface area contributed by atoms with Crippen LogP contribution < -0.4 is 4.74 Å². The van der Waals surface area contributed by atoms with Gasteiger partial charge in [-0.15, -0.1) is 16.4 Å². The quantitative estimate of drug-likeness (QED) is 0.340. The second-order valence-corrected chi connectivity index (χ2v) is 8.43. The molecule has 0 unspecified atom stereocenters. The maximum absolute atomic E-state index is 13.2. The lowest BCUT2D eigenvalue weighted by Crippen LogP contribution is -2.07. The van der Waals surface area contributed by atoms with E-state index in [0.29, 0.717) is 43.4 Å². The van der Waals surface area contributed by atoms with E-state index < -0.39 is 11.9 Å². The molecule has 0 radical (unpaired) electrons. The number of ether oxygens (including phenoxy) is 1. The summed E-state index contributed by atoms with van der Waals surface area (Å²) in [5.41, 5.74) is 1.47. The molecule has 5 aromatic rings. The van der Waals surface area contributed by atoms with Crippen molar-refractivity contribution in [3.8, 4) is 5.75 Å². The van der Waals surface area contributed by atoms with Gasteiger partial charge in [0, 0.05) is 10.4 Å². The maximum Gasteiger partial charge on any atom is 0.433 e. The number of thiophene rings is 1. The Morgan fingerprint density at radius 1 is 1.13 bits per heavy atom. The van der Waals surface area contributed by atoms with E-state index in [4.69, 9.17) is 16.3 Å². The first kappa shape index (κ1) is 20.0. The van der Waals surface area contributed by atoms with Crippen LogP contribution in [0, 0.1) is 13.8 Å². The highest BCUT2D eigenvalue weighted by atomic mass is 35.5. The normalized spacial score (nSPS) is 12.3. The topological polar surface area (TPSA) is 65.2 Å². The summed E-state index contributed by atoms with van der Waals surface area (Å²) in [6.07, 6.45) is -3.03. The lowest BCUT2D eigenvalue weighted by Gasteiger charge is -2.06. The summed E-state index contributed by atoms with van der Waals surface area (Å²) < 4.78 is 47.3. The van der Waals surface area contributed by atoms with Crippen LogP contribution in [0.25, 0.3) is 26.1 Å². The zero-order valence-corrected chi connectivity index (χ0v) is 17.7. The van der Waals surface area contributed by atoms with Crippen molar-refractivity contribution < 1.29 is 17.9 Å². The summed E-state index contributed by atoms with van der Waals surface area (Å²) in [5.74, 6) is 1.05. The fraction of sp³-hybridized carbons (Fsp3) is 0.200. The van der Waals surface area contributed by atoms with Crippen molar-refractivity contribution in [3.63, 3.8) is 0 Å². The predicted molar refractivity (Wildman–Crippen MR) is 112 cm³/mol. The summed E-state index contributed by atoms with van der Waals surface area (Å²) in [6, 6.07) is 6.36. The van der Waals surface area contributed by atoms with Crippen molar-refractivity contribution in [1.29, 1.82) is 0 Å². The number of alkyl halides is 3. The second kappa shape index (κ2) is 7.03. The third kappa shape index (κ3) is 3.45. The number of aryl methyl sites for hydroxylation is 2. The van der Waals surface area contributed by atoms with Gasteiger partial charge < -0.3 is 4.74 Å². The van der Waals surface area contributed by atoms with Crippen molar-refractivity contribution in [2.24, 2.45) is 0 Å². The third-order valence-electron chi connectivity index (χ3n) is 4.80. The number of benzene rings is 1. The van der Waals surface area contributed by atoms with Gasteiger partial charge in [0.1, 0.15) is 33.9 Å². The fourth-order valence-electron chi connectivity index (χ4n) is 3.32. The van der Waals surface area contributed by atoms with Gasteiger partial charge >= 0.3 is 6.18 Å². The summed E-state index contributed by atoms with van der Waals surface area (Å²) in [5, 5.41) is 5.60. The van der Waals surface area contributed by atoms with E-state index in [1.54, 1.807) is 19.1 Å². The molecule has 0 atom stereocenters.